The summed E-state index contributed by atoms with van der Waals surface area (Å²) in [6, 6.07) is 35.3. The molecule has 0 bridgehead atoms. The average molecular weight is 649 g/mol. The van der Waals surface area contributed by atoms with Gasteiger partial charge in [0.05, 0.1) is 17.5 Å². The van der Waals surface area contributed by atoms with E-state index in [2.05, 4.69) is 20.4 Å². The van der Waals surface area contributed by atoms with Crippen molar-refractivity contribution in [1.82, 2.24) is 9.80 Å². The lowest BCUT2D eigenvalue weighted by Gasteiger charge is -2.36. The number of ether oxygens (including phenoxy) is 2. The summed E-state index contributed by atoms with van der Waals surface area (Å²) in [5.74, 6) is 0. The van der Waals surface area contributed by atoms with Gasteiger partial charge in [-0.3, -0.25) is 10.6 Å². The van der Waals surface area contributed by atoms with Crippen LogP contribution in [0.3, 0.4) is 0 Å². The third-order valence-corrected chi connectivity index (χ3v) is 9.05. The minimum absolute atomic E-state index is 0.162. The lowest BCUT2D eigenvalue weighted by molar-refractivity contribution is 0.0150. The molecular weight excluding hydrogens is 604 g/mol. The van der Waals surface area contributed by atoms with Gasteiger partial charge in [0, 0.05) is 50.4 Å². The van der Waals surface area contributed by atoms with Crippen molar-refractivity contribution < 1.29 is 24.2 Å². The van der Waals surface area contributed by atoms with E-state index in [1.54, 1.807) is 0 Å². The van der Waals surface area contributed by atoms with Gasteiger partial charge in [0.2, 0.25) is 0 Å². The summed E-state index contributed by atoms with van der Waals surface area (Å²) in [6.07, 6.45) is 1.19. The first kappa shape index (κ1) is 33.2. The van der Waals surface area contributed by atoms with E-state index in [-0.39, 0.29) is 12.2 Å². The Morgan fingerprint density at radius 2 is 0.938 bits per heavy atom. The van der Waals surface area contributed by atoms with Crippen molar-refractivity contribution in [3.8, 4) is 22.3 Å². The number of rotatable bonds is 10. The minimum atomic E-state index is -0.490. The molecule has 2 heterocycles. The van der Waals surface area contributed by atoms with Gasteiger partial charge in [-0.2, -0.15) is 0 Å². The van der Waals surface area contributed by atoms with Gasteiger partial charge in [-0.1, -0.05) is 97.1 Å². The highest BCUT2D eigenvalue weighted by Crippen LogP contribution is 2.29. The third kappa shape index (κ3) is 9.22. The Hall–Kier alpha value is -4.70. The van der Waals surface area contributed by atoms with Crippen molar-refractivity contribution in [1.29, 1.82) is 0 Å². The molecule has 250 valence electrons. The van der Waals surface area contributed by atoms with Crippen LogP contribution in [-0.2, 0) is 9.47 Å². The van der Waals surface area contributed by atoms with Crippen molar-refractivity contribution in [2.45, 2.75) is 44.0 Å². The minimum Gasteiger partial charge on any atom is -0.446 e. The van der Waals surface area contributed by atoms with E-state index in [1.165, 1.54) is 0 Å². The Morgan fingerprint density at radius 1 is 0.583 bits per heavy atom. The van der Waals surface area contributed by atoms with E-state index in [1.807, 2.05) is 109 Å². The zero-order chi connectivity index (χ0) is 33.1. The number of benzene rings is 4. The van der Waals surface area contributed by atoms with Gasteiger partial charge < -0.3 is 24.4 Å². The number of piperidine rings is 2. The van der Waals surface area contributed by atoms with E-state index in [0.29, 0.717) is 13.1 Å². The number of carbonyl (C=O) groups excluding carboxylic acids is 2. The molecule has 4 aromatic rings. The zero-order valence-corrected chi connectivity index (χ0v) is 27.2. The van der Waals surface area contributed by atoms with Crippen molar-refractivity contribution in [2.75, 3.05) is 49.9 Å². The number of β-amino-alcohol motifs (C(OH)–C–C–N with tert-alkyl or cyclic N) is 1. The number of anilines is 2. The van der Waals surface area contributed by atoms with Crippen LogP contribution < -0.4 is 10.6 Å². The first-order valence-corrected chi connectivity index (χ1v) is 16.9. The fourth-order valence-electron chi connectivity index (χ4n) is 6.58. The van der Waals surface area contributed by atoms with Crippen molar-refractivity contribution in [3.63, 3.8) is 0 Å². The van der Waals surface area contributed by atoms with Crippen LogP contribution in [0.5, 0.6) is 0 Å². The van der Waals surface area contributed by atoms with Crippen LogP contribution in [-0.4, -0.2) is 84.7 Å². The smallest absolute Gasteiger partial charge is 0.411 e. The predicted molar refractivity (Wildman–Crippen MR) is 189 cm³/mol. The molecule has 2 aliphatic rings. The van der Waals surface area contributed by atoms with Gasteiger partial charge in [0.1, 0.15) is 12.2 Å². The monoisotopic (exact) mass is 648 g/mol. The molecule has 0 unspecified atom stereocenters. The lowest BCUT2D eigenvalue weighted by atomic mass is 10.0. The zero-order valence-electron chi connectivity index (χ0n) is 27.2. The number of hydrogen-bond donors (Lipinski definition) is 3. The highest BCUT2D eigenvalue weighted by atomic mass is 16.6. The summed E-state index contributed by atoms with van der Waals surface area (Å²) in [7, 11) is 0. The van der Waals surface area contributed by atoms with Crippen molar-refractivity contribution >= 4 is 23.6 Å². The van der Waals surface area contributed by atoms with Crippen LogP contribution in [0.15, 0.2) is 109 Å². The SMILES string of the molecule is O=C(Nc1ccccc1-c1ccccc1)OC1CCN(CC(O)CN2CCC(OC(=O)Nc3ccccc3-c3ccccc3)CC2)CC1. The summed E-state index contributed by atoms with van der Waals surface area (Å²) >= 11 is 0. The van der Waals surface area contributed by atoms with Crippen LogP contribution in [0.25, 0.3) is 22.3 Å². The molecule has 2 amide bonds. The molecule has 48 heavy (non-hydrogen) atoms. The lowest BCUT2D eigenvalue weighted by Crippen LogP contribution is -2.47. The first-order chi connectivity index (χ1) is 23.5. The van der Waals surface area contributed by atoms with Gasteiger partial charge in [-0.25, -0.2) is 9.59 Å². The maximum absolute atomic E-state index is 12.8. The molecule has 2 aliphatic heterocycles. The van der Waals surface area contributed by atoms with E-state index < -0.39 is 18.3 Å². The quantitative estimate of drug-likeness (QED) is 0.168. The van der Waals surface area contributed by atoms with Crippen molar-refractivity contribution in [3.05, 3.63) is 109 Å². The van der Waals surface area contributed by atoms with E-state index in [4.69, 9.17) is 9.47 Å². The standard InChI is InChI=1S/C39H44N4O5/c44-31(27-42-23-19-32(20-24-42)47-38(45)40-36-17-9-7-15-34(36)29-11-3-1-4-12-29)28-43-25-21-33(22-26-43)48-39(46)41-37-18-10-8-16-35(37)30-13-5-2-6-14-30/h1-18,31-33,44H,19-28H2,(H,40,45)(H,41,46). The Bertz CT molecular complexity index is 1500. The van der Waals surface area contributed by atoms with E-state index in [0.717, 1.165) is 85.5 Å². The number of likely N-dealkylation sites (tertiary alicyclic amines) is 2. The normalized spacial score (nSPS) is 16.4. The van der Waals surface area contributed by atoms with Gasteiger partial charge >= 0.3 is 12.2 Å². The van der Waals surface area contributed by atoms with Gasteiger partial charge in [-0.15, -0.1) is 0 Å². The molecule has 0 spiro atoms. The Kier molecular flexibility index (Phi) is 11.4. The maximum atomic E-state index is 12.8. The molecule has 2 fully saturated rings. The second-order valence-corrected chi connectivity index (χ2v) is 12.5. The van der Waals surface area contributed by atoms with Gasteiger partial charge in [-0.05, 0) is 48.9 Å². The molecule has 0 saturated carbocycles. The summed E-state index contributed by atoms with van der Waals surface area (Å²) < 4.78 is 11.5. The number of nitrogens with one attached hydrogen (secondary N) is 2. The molecule has 9 heteroatoms. The topological polar surface area (TPSA) is 103 Å². The Morgan fingerprint density at radius 3 is 1.33 bits per heavy atom. The predicted octanol–water partition coefficient (Wildman–Crippen LogP) is 7.11. The number of amides is 2. The molecule has 3 N–H and O–H groups in total. The summed E-state index contributed by atoms with van der Waals surface area (Å²) in [5.41, 5.74) is 5.39. The number of para-hydroxylation sites is 2. The largest absolute Gasteiger partial charge is 0.446 e. The molecular formula is C39H44N4O5. The number of hydrogen-bond acceptors (Lipinski definition) is 7. The fraction of sp³-hybridized carbons (Fsp3) is 0.333. The van der Waals surface area contributed by atoms with E-state index >= 15 is 0 Å². The first-order valence-electron chi connectivity index (χ1n) is 16.9. The highest BCUT2D eigenvalue weighted by Gasteiger charge is 2.27. The summed E-state index contributed by atoms with van der Waals surface area (Å²) in [5, 5.41) is 16.7. The molecule has 0 radical (unpaired) electrons. The Labute approximate surface area is 282 Å². The molecule has 4 aromatic carbocycles. The highest BCUT2D eigenvalue weighted by molar-refractivity contribution is 5.92. The second kappa shape index (κ2) is 16.4. The molecule has 0 aromatic heterocycles. The van der Waals surface area contributed by atoms with Gasteiger partial charge in [0.15, 0.2) is 0 Å². The van der Waals surface area contributed by atoms with Crippen molar-refractivity contribution in [2.24, 2.45) is 0 Å². The molecule has 0 atom stereocenters. The van der Waals surface area contributed by atoms with Gasteiger partial charge in [0.25, 0.3) is 0 Å². The third-order valence-electron chi connectivity index (χ3n) is 9.05. The van der Waals surface area contributed by atoms with Crippen LogP contribution in [0.1, 0.15) is 25.7 Å². The molecule has 2 saturated heterocycles. The van der Waals surface area contributed by atoms with Crippen LogP contribution in [0.2, 0.25) is 0 Å². The number of carbonyl (C=O) groups is 2. The number of nitrogens with zero attached hydrogens (tertiary/aromatic N) is 2. The maximum Gasteiger partial charge on any atom is 0.411 e. The summed E-state index contributed by atoms with van der Waals surface area (Å²) in [4.78, 5) is 30.0. The summed E-state index contributed by atoms with van der Waals surface area (Å²) in [6.45, 7) is 4.18. The average Bonchev–Trinajstić information content (AvgIpc) is 3.11. The van der Waals surface area contributed by atoms with E-state index in [9.17, 15) is 14.7 Å². The van der Waals surface area contributed by atoms with Crippen LogP contribution in [0.4, 0.5) is 21.0 Å². The molecule has 6 rings (SSSR count). The van der Waals surface area contributed by atoms with Crippen LogP contribution >= 0.6 is 0 Å². The number of aliphatic hydroxyl groups is 1. The second-order valence-electron chi connectivity index (χ2n) is 12.5. The molecule has 9 nitrogen and oxygen atoms in total. The fourth-order valence-corrected chi connectivity index (χ4v) is 6.58. The number of aliphatic hydroxyl groups excluding tert-OH is 1. The molecule has 0 aliphatic carbocycles. The Balaban J connectivity index is 0.878. The van der Waals surface area contributed by atoms with Crippen LogP contribution in [0, 0.1) is 0 Å².